The fourth-order valence-corrected chi connectivity index (χ4v) is 8.65. The van der Waals surface area contributed by atoms with Crippen LogP contribution in [0.15, 0.2) is 0 Å². The molecule has 0 saturated heterocycles. The van der Waals surface area contributed by atoms with Crippen LogP contribution in [0.2, 0.25) is 0 Å². The van der Waals surface area contributed by atoms with E-state index in [1.807, 2.05) is 13.8 Å². The number of carbonyl (C=O) groups excluding carboxylic acids is 10. The number of hydrogen-bond donors (Lipinski definition) is 13. The third-order valence-electron chi connectivity index (χ3n) is 13.0. The minimum atomic E-state index is -1.86. The van der Waals surface area contributed by atoms with Gasteiger partial charge in [-0.3, -0.25) is 57.5 Å². The summed E-state index contributed by atoms with van der Waals surface area (Å²) in [6, 6.07) is -13.3. The minimum absolute atomic E-state index is 0.0268. The van der Waals surface area contributed by atoms with Gasteiger partial charge in [0, 0.05) is 14.0 Å². The zero-order valence-corrected chi connectivity index (χ0v) is 48.6. The lowest BCUT2D eigenvalue weighted by molar-refractivity contribution is -0.145. The minimum Gasteiger partial charge on any atom is -0.481 e. The lowest BCUT2D eigenvalue weighted by Crippen LogP contribution is -2.61. The number of amides is 10. The quantitative estimate of drug-likeness (QED) is 0.0370. The SMILES string of the molecule is CCCCCCCC[C@H](NC(=O)[C@H](CC(=O)O)NC(=O)[C@H](CC(C)C)N(C)C(=O)[C@H](CO)NC(=O)[C@H](CC(C)C)NC(=O)[C@H](CO)NC(=O)[C@H](CCCCCCCC)NC(=O)[C@H](CCC)NC(C)=O)C(=O)N[C@@H](CC(=O)O)C(N)=O. The van der Waals surface area contributed by atoms with E-state index in [1.165, 1.54) is 14.0 Å². The molecule has 0 saturated carbocycles. The van der Waals surface area contributed by atoms with E-state index in [4.69, 9.17) is 5.73 Å². The third-order valence-corrected chi connectivity index (χ3v) is 13.0. The van der Waals surface area contributed by atoms with Crippen LogP contribution < -0.4 is 48.3 Å². The van der Waals surface area contributed by atoms with Gasteiger partial charge in [-0.2, -0.15) is 0 Å². The van der Waals surface area contributed by atoms with Crippen molar-refractivity contribution in [1.29, 1.82) is 0 Å². The average Bonchev–Trinajstić information content (AvgIpc) is 3.38. The van der Waals surface area contributed by atoms with E-state index in [1.54, 1.807) is 27.7 Å². The molecule has 0 aromatic heterocycles. The lowest BCUT2D eigenvalue weighted by Gasteiger charge is -2.33. The van der Waals surface area contributed by atoms with Gasteiger partial charge in [0.15, 0.2) is 0 Å². The van der Waals surface area contributed by atoms with Crippen LogP contribution in [0.5, 0.6) is 0 Å². The van der Waals surface area contributed by atoms with Crippen molar-refractivity contribution in [1.82, 2.24) is 47.4 Å². The van der Waals surface area contributed by atoms with E-state index in [9.17, 15) is 78.0 Å². The molecule has 10 amide bonds. The molecule has 0 bridgehead atoms. The summed E-state index contributed by atoms with van der Waals surface area (Å²) in [6.07, 6.45) is 8.76. The van der Waals surface area contributed by atoms with Gasteiger partial charge in [0.2, 0.25) is 59.1 Å². The van der Waals surface area contributed by atoms with Crippen LogP contribution >= 0.6 is 0 Å². The highest BCUT2D eigenvalue weighted by Crippen LogP contribution is 2.16. The summed E-state index contributed by atoms with van der Waals surface area (Å²) < 4.78 is 0. The Balaban J connectivity index is 6.62. The molecule has 26 nitrogen and oxygen atoms in total. The second kappa shape index (κ2) is 40.7. The highest BCUT2D eigenvalue weighted by atomic mass is 16.4. The molecule has 0 fully saturated rings. The first kappa shape index (κ1) is 73.6. The normalized spacial score (nSPS) is 14.6. The second-order valence-corrected chi connectivity index (χ2v) is 21.3. The summed E-state index contributed by atoms with van der Waals surface area (Å²) in [6.45, 7) is 12.1. The van der Waals surface area contributed by atoms with E-state index in [-0.39, 0.29) is 43.9 Å². The number of unbranched alkanes of at least 4 members (excludes halogenated alkanes) is 10. The summed E-state index contributed by atoms with van der Waals surface area (Å²) in [5.74, 6) is -12.8. The fraction of sp³-hybridized carbons (Fsp3) is 0.778. The number of nitrogens with one attached hydrogen (secondary N) is 8. The number of hydrogen-bond acceptors (Lipinski definition) is 14. The molecule has 0 aromatic rings. The van der Waals surface area contributed by atoms with Crippen molar-refractivity contribution in [2.75, 3.05) is 20.3 Å². The molecule has 0 aliphatic carbocycles. The van der Waals surface area contributed by atoms with Gasteiger partial charge in [-0.25, -0.2) is 0 Å². The van der Waals surface area contributed by atoms with Crippen molar-refractivity contribution >= 4 is 71.0 Å². The maximum atomic E-state index is 14.2. The third kappa shape index (κ3) is 30.2. The first-order chi connectivity index (χ1) is 37.7. The number of primary amides is 1. The van der Waals surface area contributed by atoms with E-state index in [2.05, 4.69) is 49.5 Å². The summed E-state index contributed by atoms with van der Waals surface area (Å²) >= 11 is 0. The first-order valence-corrected chi connectivity index (χ1v) is 28.3. The highest BCUT2D eigenvalue weighted by Gasteiger charge is 2.38. The van der Waals surface area contributed by atoms with Gasteiger partial charge in [-0.15, -0.1) is 0 Å². The molecule has 0 spiro atoms. The van der Waals surface area contributed by atoms with Crippen molar-refractivity contribution in [2.24, 2.45) is 17.6 Å². The number of carbonyl (C=O) groups is 12. The van der Waals surface area contributed by atoms with Gasteiger partial charge in [-0.1, -0.05) is 132 Å². The Morgan fingerprint density at radius 3 is 1.18 bits per heavy atom. The van der Waals surface area contributed by atoms with Crippen LogP contribution in [-0.4, -0.2) is 171 Å². The van der Waals surface area contributed by atoms with Crippen molar-refractivity contribution in [3.8, 4) is 0 Å². The number of carboxylic acid groups (broad SMARTS) is 2. The van der Waals surface area contributed by atoms with E-state index >= 15 is 0 Å². The van der Waals surface area contributed by atoms with Gasteiger partial charge >= 0.3 is 11.9 Å². The van der Waals surface area contributed by atoms with E-state index in [0.717, 1.165) is 62.7 Å². The predicted molar refractivity (Wildman–Crippen MR) is 295 cm³/mol. The molecule has 9 atom stereocenters. The molecule has 0 heterocycles. The summed E-state index contributed by atoms with van der Waals surface area (Å²) in [7, 11) is 1.18. The van der Waals surface area contributed by atoms with Gasteiger partial charge < -0.3 is 73.6 Å². The number of nitrogens with two attached hydrogens (primary N) is 1. The Hall–Kier alpha value is -6.44. The Bertz CT molecular complexity index is 2010. The van der Waals surface area contributed by atoms with Gasteiger partial charge in [0.05, 0.1) is 26.1 Å². The molecule has 0 radical (unpaired) electrons. The molecule has 0 aromatic carbocycles. The number of aliphatic hydroxyl groups is 2. The van der Waals surface area contributed by atoms with Gasteiger partial charge in [0.1, 0.15) is 54.4 Å². The fourth-order valence-electron chi connectivity index (χ4n) is 8.65. The smallest absolute Gasteiger partial charge is 0.305 e. The standard InChI is InChI=1S/C54H96N10O16/c1-10-13-15-17-19-21-24-36(48(74)59-38(46(55)72)28-44(68)69)58-51(77)40(29-45(70)71)61-53(79)43(27-33(6)7)64(9)54(80)42(31-66)63-50(76)39(26-32(4)5)60-52(78)41(30-65)62-49(75)37(25-22-20-18-16-14-11-2)57-47(73)35(23-12-3)56-34(8)67/h32-33,35-43,65-66H,10-31H2,1-9H3,(H2,55,72)(H,56,67)(H,57,73)(H,58,77)(H,59,74)(H,60,78)(H,61,79)(H,62,75)(H,63,76)(H,68,69)(H,70,71)/t35-,36-,37-,38-,39-,40-,41-,42-,43-/m0/s1. The van der Waals surface area contributed by atoms with Crippen LogP contribution in [-0.2, 0) is 57.5 Å². The second-order valence-electron chi connectivity index (χ2n) is 21.3. The number of carboxylic acids is 2. The zero-order chi connectivity index (χ0) is 61.1. The number of aliphatic carboxylic acids is 2. The number of aliphatic hydroxyl groups excluding tert-OH is 2. The highest BCUT2D eigenvalue weighted by molar-refractivity contribution is 5.99. The van der Waals surface area contributed by atoms with Crippen molar-refractivity contribution in [3.63, 3.8) is 0 Å². The monoisotopic (exact) mass is 1140 g/mol. The largest absolute Gasteiger partial charge is 0.481 e. The summed E-state index contributed by atoms with van der Waals surface area (Å²) in [5.41, 5.74) is 5.32. The molecule has 26 heteroatoms. The molecule has 14 N–H and O–H groups in total. The summed E-state index contributed by atoms with van der Waals surface area (Å²) in [4.78, 5) is 159. The van der Waals surface area contributed by atoms with Crippen LogP contribution in [0.1, 0.15) is 184 Å². The Kier molecular flexibility index (Phi) is 37.4. The van der Waals surface area contributed by atoms with Gasteiger partial charge in [-0.05, 0) is 43.9 Å². The molecule has 0 rings (SSSR count). The predicted octanol–water partition coefficient (Wildman–Crippen LogP) is 0.524. The molecular weight excluding hydrogens is 1040 g/mol. The van der Waals surface area contributed by atoms with Crippen LogP contribution in [0.3, 0.4) is 0 Å². The summed E-state index contributed by atoms with van der Waals surface area (Å²) in [5, 5.41) is 59.6. The zero-order valence-electron chi connectivity index (χ0n) is 48.6. The van der Waals surface area contributed by atoms with Crippen molar-refractivity contribution < 1.29 is 78.0 Å². The number of rotatable bonds is 44. The number of likely N-dealkylation sites (N-methyl/N-ethyl adjacent to an activating group) is 1. The Labute approximate surface area is 471 Å². The van der Waals surface area contributed by atoms with Crippen LogP contribution in [0, 0.1) is 11.8 Å². The number of nitrogens with zero attached hydrogens (tertiary/aromatic N) is 1. The van der Waals surface area contributed by atoms with Crippen molar-refractivity contribution in [3.05, 3.63) is 0 Å². The average molecular weight is 1140 g/mol. The van der Waals surface area contributed by atoms with Crippen LogP contribution in [0.25, 0.3) is 0 Å². The lowest BCUT2D eigenvalue weighted by atomic mass is 9.99. The molecular formula is C54H96N10O16. The molecule has 0 unspecified atom stereocenters. The molecule has 0 aliphatic rings. The Morgan fingerprint density at radius 2 is 0.762 bits per heavy atom. The van der Waals surface area contributed by atoms with E-state index < -0.39 is 151 Å². The molecule has 0 aliphatic heterocycles. The van der Waals surface area contributed by atoms with Crippen LogP contribution in [0.4, 0.5) is 0 Å². The maximum absolute atomic E-state index is 14.2. The van der Waals surface area contributed by atoms with Crippen molar-refractivity contribution in [2.45, 2.75) is 238 Å². The molecule has 458 valence electrons. The first-order valence-electron chi connectivity index (χ1n) is 28.3. The Morgan fingerprint density at radius 1 is 0.412 bits per heavy atom. The van der Waals surface area contributed by atoms with Gasteiger partial charge in [0.25, 0.3) is 0 Å². The topological polar surface area (TPSA) is 411 Å². The molecule has 80 heavy (non-hydrogen) atoms. The van der Waals surface area contributed by atoms with E-state index in [0.29, 0.717) is 25.7 Å². The maximum Gasteiger partial charge on any atom is 0.305 e.